The van der Waals surface area contributed by atoms with Gasteiger partial charge in [0.1, 0.15) is 0 Å². The maximum Gasteiger partial charge on any atom is 0.338 e. The monoisotopic (exact) mass is 334 g/mol. The van der Waals surface area contributed by atoms with Crippen LogP contribution < -0.4 is 10.2 Å². The summed E-state index contributed by atoms with van der Waals surface area (Å²) in [5.74, 6) is -0.660. The maximum absolute atomic E-state index is 12.1. The second-order valence-corrected chi connectivity index (χ2v) is 5.88. The molecular weight excluding hydrogens is 316 g/mol. The number of hydrogen-bond acceptors (Lipinski definition) is 5. The van der Waals surface area contributed by atoms with Gasteiger partial charge in [-0.25, -0.2) is 4.79 Å². The lowest BCUT2D eigenvalue weighted by molar-refractivity contribution is -0.116. The third-order valence-corrected chi connectivity index (χ3v) is 4.43. The molecule has 1 aromatic heterocycles. The van der Waals surface area contributed by atoms with Crippen LogP contribution in [0.2, 0.25) is 0 Å². The van der Waals surface area contributed by atoms with E-state index in [1.165, 1.54) is 7.11 Å². The topological polar surface area (TPSA) is 77.4 Å². The molecule has 0 bridgehead atoms. The molecule has 0 fully saturated rings. The molecule has 1 amide bonds. The van der Waals surface area contributed by atoms with E-state index in [9.17, 15) is 14.4 Å². The van der Waals surface area contributed by atoms with Crippen molar-refractivity contribution in [3.05, 3.63) is 50.1 Å². The number of carbonyl (C=O) groups is 2. The summed E-state index contributed by atoms with van der Waals surface area (Å²) in [6.45, 7) is 3.91. The molecule has 0 saturated heterocycles. The van der Waals surface area contributed by atoms with Gasteiger partial charge >= 0.3 is 10.8 Å². The normalized spacial score (nSPS) is 10.4. The number of aryl methyl sites for hydroxylation is 1. The molecule has 23 heavy (non-hydrogen) atoms. The number of thiazole rings is 1. The lowest BCUT2D eigenvalue weighted by atomic mass is 10.1. The van der Waals surface area contributed by atoms with Crippen molar-refractivity contribution in [2.45, 2.75) is 26.8 Å². The van der Waals surface area contributed by atoms with Gasteiger partial charge in [0, 0.05) is 29.7 Å². The van der Waals surface area contributed by atoms with Gasteiger partial charge in [0.2, 0.25) is 5.91 Å². The zero-order valence-corrected chi connectivity index (χ0v) is 14.0. The van der Waals surface area contributed by atoms with Crippen LogP contribution >= 0.6 is 11.3 Å². The van der Waals surface area contributed by atoms with Crippen LogP contribution in [-0.2, 0) is 16.1 Å². The van der Waals surface area contributed by atoms with Gasteiger partial charge in [-0.3, -0.25) is 9.59 Å². The molecule has 0 aliphatic heterocycles. The number of anilines is 1. The summed E-state index contributed by atoms with van der Waals surface area (Å²) < 4.78 is 6.28. The van der Waals surface area contributed by atoms with Crippen LogP contribution in [0.25, 0.3) is 0 Å². The first-order chi connectivity index (χ1) is 10.9. The zero-order chi connectivity index (χ0) is 17.0. The molecule has 0 atom stereocenters. The van der Waals surface area contributed by atoms with E-state index in [0.717, 1.165) is 17.0 Å². The van der Waals surface area contributed by atoms with Gasteiger partial charge in [-0.1, -0.05) is 17.4 Å². The standard InChI is InChI=1S/C16H18N2O4S/c1-10-9-23-16(21)18(10)8-7-14(19)17-13-6-4-5-12(11(13)2)15(20)22-3/h4-6,9H,7-8H2,1-3H3,(H,17,19). The molecule has 7 heteroatoms. The van der Waals surface area contributed by atoms with E-state index in [-0.39, 0.29) is 17.2 Å². The van der Waals surface area contributed by atoms with E-state index in [4.69, 9.17) is 4.74 Å². The van der Waals surface area contributed by atoms with Gasteiger partial charge < -0.3 is 14.6 Å². The predicted octanol–water partition coefficient (Wildman–Crippen LogP) is 2.34. The molecule has 122 valence electrons. The molecule has 1 aromatic carbocycles. The van der Waals surface area contributed by atoms with E-state index in [0.29, 0.717) is 23.4 Å². The minimum absolute atomic E-state index is 0.0702. The number of carbonyl (C=O) groups excluding carboxylic acids is 2. The van der Waals surface area contributed by atoms with Crippen LogP contribution in [0.15, 0.2) is 28.4 Å². The number of benzene rings is 1. The number of esters is 1. The number of aromatic nitrogens is 1. The number of hydrogen-bond donors (Lipinski definition) is 1. The number of ether oxygens (including phenoxy) is 1. The fourth-order valence-electron chi connectivity index (χ4n) is 2.20. The Morgan fingerprint density at radius 1 is 1.30 bits per heavy atom. The summed E-state index contributed by atoms with van der Waals surface area (Å²) in [6, 6.07) is 5.05. The van der Waals surface area contributed by atoms with Crippen molar-refractivity contribution in [2.24, 2.45) is 0 Å². The summed E-state index contributed by atoms with van der Waals surface area (Å²) in [7, 11) is 1.31. The molecule has 2 rings (SSSR count). The highest BCUT2D eigenvalue weighted by Gasteiger charge is 2.13. The highest BCUT2D eigenvalue weighted by molar-refractivity contribution is 7.07. The van der Waals surface area contributed by atoms with E-state index in [2.05, 4.69) is 5.32 Å². The number of methoxy groups -OCH3 is 1. The SMILES string of the molecule is COC(=O)c1cccc(NC(=O)CCn2c(C)csc2=O)c1C. The second-order valence-electron chi connectivity index (χ2n) is 5.06. The molecular formula is C16H18N2O4S. The number of nitrogens with zero attached hydrogens (tertiary/aromatic N) is 1. The van der Waals surface area contributed by atoms with Crippen molar-refractivity contribution in [2.75, 3.05) is 12.4 Å². The smallest absolute Gasteiger partial charge is 0.338 e. The van der Waals surface area contributed by atoms with Crippen molar-refractivity contribution in [1.29, 1.82) is 0 Å². The van der Waals surface area contributed by atoms with Crippen molar-refractivity contribution in [1.82, 2.24) is 4.57 Å². The van der Waals surface area contributed by atoms with Crippen molar-refractivity contribution < 1.29 is 14.3 Å². The van der Waals surface area contributed by atoms with Crippen molar-refractivity contribution in [3.63, 3.8) is 0 Å². The summed E-state index contributed by atoms with van der Waals surface area (Å²) >= 11 is 1.12. The highest BCUT2D eigenvalue weighted by Crippen LogP contribution is 2.20. The van der Waals surface area contributed by atoms with Gasteiger partial charge in [-0.05, 0) is 31.5 Å². The van der Waals surface area contributed by atoms with Gasteiger partial charge in [0.15, 0.2) is 0 Å². The molecule has 1 heterocycles. The molecule has 0 aliphatic carbocycles. The number of nitrogens with one attached hydrogen (secondary N) is 1. The Balaban J connectivity index is 2.06. The Hall–Kier alpha value is -2.41. The molecule has 0 saturated carbocycles. The Bertz CT molecular complexity index is 792. The Morgan fingerprint density at radius 2 is 2.04 bits per heavy atom. The van der Waals surface area contributed by atoms with Crippen LogP contribution in [0, 0.1) is 13.8 Å². The molecule has 6 nitrogen and oxygen atoms in total. The van der Waals surface area contributed by atoms with Gasteiger partial charge in [0.05, 0.1) is 12.7 Å². The first-order valence-electron chi connectivity index (χ1n) is 7.06. The number of amides is 1. The quantitative estimate of drug-likeness (QED) is 0.852. The Labute approximate surface area is 137 Å². The van der Waals surface area contributed by atoms with Crippen LogP contribution in [-0.4, -0.2) is 23.6 Å². The highest BCUT2D eigenvalue weighted by atomic mass is 32.1. The van der Waals surface area contributed by atoms with E-state index in [1.54, 1.807) is 35.1 Å². The molecule has 0 radical (unpaired) electrons. The van der Waals surface area contributed by atoms with E-state index in [1.807, 2.05) is 6.92 Å². The molecule has 0 unspecified atom stereocenters. The van der Waals surface area contributed by atoms with Crippen molar-refractivity contribution >= 4 is 28.9 Å². The average Bonchev–Trinajstić information content (AvgIpc) is 2.85. The third kappa shape index (κ3) is 3.87. The lowest BCUT2D eigenvalue weighted by Crippen LogP contribution is -2.20. The largest absolute Gasteiger partial charge is 0.465 e. The number of rotatable bonds is 5. The van der Waals surface area contributed by atoms with Crippen molar-refractivity contribution in [3.8, 4) is 0 Å². The fraction of sp³-hybridized carbons (Fsp3) is 0.312. The van der Waals surface area contributed by atoms with Gasteiger partial charge in [-0.2, -0.15) is 0 Å². The average molecular weight is 334 g/mol. The Kier molecular flexibility index (Phi) is 5.33. The van der Waals surface area contributed by atoms with Crippen LogP contribution in [0.5, 0.6) is 0 Å². The van der Waals surface area contributed by atoms with Crippen LogP contribution in [0.3, 0.4) is 0 Å². The molecule has 0 spiro atoms. The molecule has 2 aromatic rings. The zero-order valence-electron chi connectivity index (χ0n) is 13.2. The molecule has 0 aliphatic rings. The fourth-order valence-corrected chi connectivity index (χ4v) is 2.96. The summed E-state index contributed by atoms with van der Waals surface area (Å²) in [6.07, 6.45) is 0.180. The van der Waals surface area contributed by atoms with Gasteiger partial charge in [-0.15, -0.1) is 0 Å². The predicted molar refractivity (Wildman–Crippen MR) is 89.1 cm³/mol. The third-order valence-electron chi connectivity index (χ3n) is 3.55. The first-order valence-corrected chi connectivity index (χ1v) is 7.94. The van der Waals surface area contributed by atoms with E-state index < -0.39 is 5.97 Å². The minimum atomic E-state index is -0.445. The van der Waals surface area contributed by atoms with Crippen LogP contribution in [0.4, 0.5) is 5.69 Å². The maximum atomic E-state index is 12.1. The summed E-state index contributed by atoms with van der Waals surface area (Å²) in [4.78, 5) is 35.3. The van der Waals surface area contributed by atoms with E-state index >= 15 is 0 Å². The second kappa shape index (κ2) is 7.23. The first kappa shape index (κ1) is 17.0. The lowest BCUT2D eigenvalue weighted by Gasteiger charge is -2.11. The minimum Gasteiger partial charge on any atom is -0.465 e. The van der Waals surface area contributed by atoms with Crippen LogP contribution in [0.1, 0.15) is 28.0 Å². The Morgan fingerprint density at radius 3 is 2.65 bits per heavy atom. The summed E-state index contributed by atoms with van der Waals surface area (Å²) in [5.41, 5.74) is 2.47. The van der Waals surface area contributed by atoms with Gasteiger partial charge in [0.25, 0.3) is 0 Å². The summed E-state index contributed by atoms with van der Waals surface area (Å²) in [5, 5.41) is 4.54. The molecule has 1 N–H and O–H groups in total.